The van der Waals surface area contributed by atoms with Crippen molar-refractivity contribution < 1.29 is 22.4 Å². The van der Waals surface area contributed by atoms with E-state index < -0.39 is 26.6 Å². The first-order valence-corrected chi connectivity index (χ1v) is 11.9. The molecule has 3 aromatic rings. The van der Waals surface area contributed by atoms with Gasteiger partial charge in [-0.1, -0.05) is 36.4 Å². The number of hydrogen-bond donors (Lipinski definition) is 3. The zero-order valence-electron chi connectivity index (χ0n) is 17.1. The average molecular weight is 477 g/mol. The number of anilines is 1. The van der Waals surface area contributed by atoms with Crippen molar-refractivity contribution in [1.29, 1.82) is 0 Å². The summed E-state index contributed by atoms with van der Waals surface area (Å²) in [6.45, 7) is 1.71. The fourth-order valence-electron chi connectivity index (χ4n) is 2.70. The van der Waals surface area contributed by atoms with E-state index in [9.17, 15) is 22.4 Å². The van der Waals surface area contributed by atoms with Crippen molar-refractivity contribution in [3.8, 4) is 11.3 Å². The first kappa shape index (κ1) is 23.5. The zero-order valence-corrected chi connectivity index (χ0v) is 18.7. The highest BCUT2D eigenvalue weighted by molar-refractivity contribution is 7.89. The van der Waals surface area contributed by atoms with Crippen LogP contribution in [-0.2, 0) is 26.2 Å². The average Bonchev–Trinajstić information content (AvgIpc) is 3.21. The first-order valence-electron chi connectivity index (χ1n) is 9.58. The van der Waals surface area contributed by atoms with Crippen molar-refractivity contribution in [2.24, 2.45) is 0 Å². The molecule has 1 heterocycles. The highest BCUT2D eigenvalue weighted by atomic mass is 32.2. The van der Waals surface area contributed by atoms with Gasteiger partial charge < -0.3 is 10.6 Å². The van der Waals surface area contributed by atoms with Gasteiger partial charge in [-0.15, -0.1) is 11.3 Å². The van der Waals surface area contributed by atoms with Crippen molar-refractivity contribution >= 4 is 38.3 Å². The van der Waals surface area contributed by atoms with E-state index in [1.807, 2.05) is 24.3 Å². The third-order valence-corrected chi connectivity index (χ3v) is 6.56. The van der Waals surface area contributed by atoms with Gasteiger partial charge in [0.15, 0.2) is 5.13 Å². The van der Waals surface area contributed by atoms with Gasteiger partial charge in [-0.3, -0.25) is 9.59 Å². The number of aromatic nitrogens is 1. The van der Waals surface area contributed by atoms with Crippen LogP contribution in [-0.4, -0.2) is 31.8 Å². The molecule has 0 bridgehead atoms. The van der Waals surface area contributed by atoms with Crippen LogP contribution in [0, 0.1) is 5.82 Å². The lowest BCUT2D eigenvalue weighted by Gasteiger charge is -2.07. The van der Waals surface area contributed by atoms with E-state index in [0.29, 0.717) is 17.4 Å². The van der Waals surface area contributed by atoms with Gasteiger partial charge in [-0.2, -0.15) is 0 Å². The molecule has 0 spiro atoms. The van der Waals surface area contributed by atoms with Crippen molar-refractivity contribution in [3.63, 3.8) is 0 Å². The Bertz CT molecular complexity index is 1210. The van der Waals surface area contributed by atoms with E-state index in [1.54, 1.807) is 5.38 Å². The number of sulfonamides is 1. The van der Waals surface area contributed by atoms with E-state index in [1.165, 1.54) is 30.4 Å². The number of carbonyl (C=O) groups is 2. The topological polar surface area (TPSA) is 117 Å². The summed E-state index contributed by atoms with van der Waals surface area (Å²) in [6, 6.07) is 12.5. The summed E-state index contributed by atoms with van der Waals surface area (Å²) in [4.78, 5) is 27.0. The summed E-state index contributed by atoms with van der Waals surface area (Å²) >= 11 is 1.24. The second-order valence-corrected chi connectivity index (χ2v) is 9.36. The second-order valence-electron chi connectivity index (χ2n) is 6.77. The molecule has 0 aliphatic rings. The number of nitrogens with zero attached hydrogens (tertiary/aromatic N) is 1. The van der Waals surface area contributed by atoms with E-state index in [2.05, 4.69) is 20.3 Å². The Labute approximate surface area is 188 Å². The molecule has 3 rings (SSSR count). The van der Waals surface area contributed by atoms with Crippen LogP contribution in [0.4, 0.5) is 9.52 Å². The fraction of sp³-hybridized carbons (Fsp3) is 0.190. The van der Waals surface area contributed by atoms with Crippen molar-refractivity contribution in [2.75, 3.05) is 11.9 Å². The molecule has 0 aliphatic carbocycles. The molecule has 0 saturated carbocycles. The highest BCUT2D eigenvalue weighted by Crippen LogP contribution is 2.25. The molecule has 0 radical (unpaired) electrons. The smallest absolute Gasteiger partial charge is 0.243 e. The number of hydrogen-bond acceptors (Lipinski definition) is 6. The molecule has 0 unspecified atom stereocenters. The Morgan fingerprint density at radius 1 is 1.09 bits per heavy atom. The van der Waals surface area contributed by atoms with Crippen LogP contribution >= 0.6 is 11.3 Å². The maximum Gasteiger partial charge on any atom is 0.243 e. The largest absolute Gasteiger partial charge is 0.352 e. The lowest BCUT2D eigenvalue weighted by molar-refractivity contribution is -0.119. The lowest BCUT2D eigenvalue weighted by Crippen LogP contribution is -2.28. The van der Waals surface area contributed by atoms with Gasteiger partial charge in [-0.25, -0.2) is 22.5 Å². The third kappa shape index (κ3) is 6.42. The van der Waals surface area contributed by atoms with E-state index in [-0.39, 0.29) is 18.9 Å². The van der Waals surface area contributed by atoms with Crippen LogP contribution in [0.5, 0.6) is 0 Å². The lowest BCUT2D eigenvalue weighted by atomic mass is 10.1. The number of carbonyl (C=O) groups excluding carboxylic acids is 2. The Morgan fingerprint density at radius 2 is 1.81 bits per heavy atom. The molecule has 11 heteroatoms. The number of thiazole rings is 1. The quantitative estimate of drug-likeness (QED) is 0.439. The van der Waals surface area contributed by atoms with Crippen LogP contribution < -0.4 is 15.4 Å². The molecule has 1 aromatic heterocycles. The molecule has 168 valence electrons. The van der Waals surface area contributed by atoms with Crippen LogP contribution in [0.25, 0.3) is 11.3 Å². The van der Waals surface area contributed by atoms with Gasteiger partial charge in [0.25, 0.3) is 0 Å². The molecule has 0 saturated heterocycles. The monoisotopic (exact) mass is 476 g/mol. The summed E-state index contributed by atoms with van der Waals surface area (Å²) < 4.78 is 40.2. The first-order chi connectivity index (χ1) is 15.2. The SMILES string of the molecule is CC(=O)NCc1ccc(-c2csc(NC(=O)CCNS(=O)(=O)c3ccccc3F)n2)cc1. The predicted octanol–water partition coefficient (Wildman–Crippen LogP) is 2.89. The summed E-state index contributed by atoms with van der Waals surface area (Å²) in [6.07, 6.45) is -0.138. The van der Waals surface area contributed by atoms with Crippen LogP contribution in [0.15, 0.2) is 58.8 Å². The Morgan fingerprint density at radius 3 is 2.50 bits per heavy atom. The molecule has 32 heavy (non-hydrogen) atoms. The van der Waals surface area contributed by atoms with Crippen LogP contribution in [0.2, 0.25) is 0 Å². The van der Waals surface area contributed by atoms with Gasteiger partial charge in [0.2, 0.25) is 21.8 Å². The van der Waals surface area contributed by atoms with Gasteiger partial charge >= 0.3 is 0 Å². The van der Waals surface area contributed by atoms with E-state index in [4.69, 9.17) is 0 Å². The number of nitrogens with one attached hydrogen (secondary N) is 3. The second kappa shape index (κ2) is 10.4. The maximum absolute atomic E-state index is 13.7. The minimum atomic E-state index is -4.05. The molecule has 2 aromatic carbocycles. The minimum Gasteiger partial charge on any atom is -0.352 e. The van der Waals surface area contributed by atoms with Gasteiger partial charge in [0.05, 0.1) is 5.69 Å². The normalized spacial score (nSPS) is 11.2. The summed E-state index contributed by atoms with van der Waals surface area (Å²) in [5.41, 5.74) is 2.48. The fourth-order valence-corrected chi connectivity index (χ4v) is 4.55. The summed E-state index contributed by atoms with van der Waals surface area (Å²) in [5.74, 6) is -1.38. The Hall–Kier alpha value is -3.15. The number of amides is 2. The van der Waals surface area contributed by atoms with Crippen LogP contribution in [0.3, 0.4) is 0 Å². The number of benzene rings is 2. The molecule has 0 aliphatic heterocycles. The summed E-state index contributed by atoms with van der Waals surface area (Å²) in [7, 11) is -4.05. The maximum atomic E-state index is 13.7. The molecule has 3 N–H and O–H groups in total. The molecule has 8 nitrogen and oxygen atoms in total. The highest BCUT2D eigenvalue weighted by Gasteiger charge is 2.18. The van der Waals surface area contributed by atoms with E-state index in [0.717, 1.165) is 23.3 Å². The Kier molecular flexibility index (Phi) is 7.67. The van der Waals surface area contributed by atoms with Gasteiger partial charge in [-0.05, 0) is 17.7 Å². The Balaban J connectivity index is 1.51. The van der Waals surface area contributed by atoms with E-state index >= 15 is 0 Å². The zero-order chi connectivity index (χ0) is 23.1. The molecule has 0 fully saturated rings. The number of rotatable bonds is 9. The number of halogens is 1. The molecular weight excluding hydrogens is 455 g/mol. The molecule has 0 atom stereocenters. The van der Waals surface area contributed by atoms with Crippen molar-refractivity contribution in [1.82, 2.24) is 15.0 Å². The van der Waals surface area contributed by atoms with Crippen molar-refractivity contribution in [2.45, 2.75) is 24.8 Å². The van der Waals surface area contributed by atoms with Gasteiger partial charge in [0.1, 0.15) is 10.7 Å². The van der Waals surface area contributed by atoms with Gasteiger partial charge in [0, 0.05) is 37.4 Å². The molecule has 2 amide bonds. The minimum absolute atomic E-state index is 0.103. The predicted molar refractivity (Wildman–Crippen MR) is 120 cm³/mol. The standard InChI is InChI=1S/C21H21FN4O4S2/c1-14(27)23-12-15-6-8-16(9-7-15)18-13-31-21(25-18)26-20(28)10-11-24-32(29,30)19-5-3-2-4-17(19)22/h2-9,13,24H,10-12H2,1H3,(H,23,27)(H,25,26,28). The van der Waals surface area contributed by atoms with Crippen LogP contribution in [0.1, 0.15) is 18.9 Å². The van der Waals surface area contributed by atoms with Crippen molar-refractivity contribution in [3.05, 3.63) is 65.3 Å². The summed E-state index contributed by atoms with van der Waals surface area (Å²) in [5, 5.41) is 7.52. The third-order valence-electron chi connectivity index (χ3n) is 4.31. The molecular formula is C21H21FN4O4S2.